The van der Waals surface area contributed by atoms with Crippen molar-refractivity contribution in [3.63, 3.8) is 0 Å². The van der Waals surface area contributed by atoms with Gasteiger partial charge in [-0.15, -0.1) is 35.9 Å². The molecular formula is C45H28N4O2Pt2+2. The van der Waals surface area contributed by atoms with Crippen molar-refractivity contribution in [3.8, 4) is 62.6 Å². The molecule has 1 aliphatic rings. The topological polar surface area (TPSA) is 42.3 Å². The summed E-state index contributed by atoms with van der Waals surface area (Å²) in [5.41, 5.74) is 6.02. The van der Waals surface area contributed by atoms with E-state index in [2.05, 4.69) is 65.6 Å². The average molecular weight is 1050 g/mol. The molecule has 0 atom stereocenters. The van der Waals surface area contributed by atoms with Crippen molar-refractivity contribution in [1.82, 2.24) is 9.55 Å². The monoisotopic (exact) mass is 1050 g/mol. The van der Waals surface area contributed by atoms with E-state index >= 15 is 0 Å². The largest absolute Gasteiger partial charge is 4.00 e. The van der Waals surface area contributed by atoms with E-state index in [0.717, 1.165) is 39.2 Å². The van der Waals surface area contributed by atoms with Gasteiger partial charge in [0.15, 0.2) is 7.05 Å². The molecule has 7 aromatic rings. The molecule has 3 heterocycles. The normalized spacial score (nSPS) is 11.0. The second-order valence-corrected chi connectivity index (χ2v) is 11.2. The van der Waals surface area contributed by atoms with Gasteiger partial charge in [-0.05, 0) is 17.7 Å². The van der Waals surface area contributed by atoms with Crippen LogP contribution in [0.5, 0.6) is 23.0 Å². The van der Waals surface area contributed by atoms with E-state index in [1.807, 2.05) is 132 Å². The molecule has 1 aliphatic heterocycles. The van der Waals surface area contributed by atoms with E-state index in [9.17, 15) is 0 Å². The number of para-hydroxylation sites is 1. The summed E-state index contributed by atoms with van der Waals surface area (Å²) in [6.07, 6.45) is 15.6. The fraction of sp³-hybridized carbons (Fsp3) is 0.0222. The SMILES string of the molecule is C[N+]1=C=[N+](c2[c-]c(Oc3[c-]c(-c4cc(-c5[c-]c(Oc6[c-]cccc6)ccc5)[c-]cn4)cc(-c4ccccc4)c3)ccc2)C=C1.[C-]#Cn1cccc1.[Pt+2].[Pt+4]. The van der Waals surface area contributed by atoms with Crippen LogP contribution < -0.4 is 9.47 Å². The summed E-state index contributed by atoms with van der Waals surface area (Å²) in [5, 5.41) is 0. The van der Waals surface area contributed by atoms with E-state index in [1.165, 1.54) is 0 Å². The van der Waals surface area contributed by atoms with Crippen LogP contribution in [0.2, 0.25) is 0 Å². The smallest absolute Gasteiger partial charge is 0.669 e. The van der Waals surface area contributed by atoms with Crippen LogP contribution in [0.3, 0.4) is 0 Å². The average Bonchev–Trinajstić information content (AvgIpc) is 3.88. The van der Waals surface area contributed by atoms with Gasteiger partial charge in [-0.2, -0.15) is 36.4 Å². The third-order valence-corrected chi connectivity index (χ3v) is 7.56. The number of pyridine rings is 1. The molecule has 53 heavy (non-hydrogen) atoms. The van der Waals surface area contributed by atoms with Crippen LogP contribution in [0.25, 0.3) is 33.5 Å². The molecule has 0 radical (unpaired) electrons. The van der Waals surface area contributed by atoms with Gasteiger partial charge in [-0.1, -0.05) is 81.2 Å². The van der Waals surface area contributed by atoms with Crippen LogP contribution in [0.4, 0.5) is 5.69 Å². The summed E-state index contributed by atoms with van der Waals surface area (Å²) in [7, 11) is 1.93. The zero-order chi connectivity index (χ0) is 34.8. The predicted octanol–water partition coefficient (Wildman–Crippen LogP) is 9.49. The van der Waals surface area contributed by atoms with Gasteiger partial charge in [0.25, 0.3) is 6.20 Å². The van der Waals surface area contributed by atoms with Gasteiger partial charge in [0, 0.05) is 35.4 Å². The predicted molar refractivity (Wildman–Crippen MR) is 195 cm³/mol. The molecule has 5 aromatic carbocycles. The first-order chi connectivity index (χ1) is 25.1. The molecule has 8 rings (SSSR count). The van der Waals surface area contributed by atoms with E-state index in [4.69, 9.17) is 15.9 Å². The Morgan fingerprint density at radius 2 is 1.40 bits per heavy atom. The van der Waals surface area contributed by atoms with Crippen LogP contribution in [0, 0.1) is 42.8 Å². The van der Waals surface area contributed by atoms with E-state index < -0.39 is 0 Å². The van der Waals surface area contributed by atoms with Gasteiger partial charge in [0.2, 0.25) is 6.20 Å². The molecular weight excluding hydrogens is 1020 g/mol. The number of hydrogen-bond donors (Lipinski definition) is 0. The molecule has 258 valence electrons. The maximum atomic E-state index is 6.57. The standard InChI is InChI=1S/C39H24N3O2.C6H4N.2Pt/c1-41-20-21-42(28-41)34-13-9-17-37(27-34)44-38-24-32(29-10-4-2-5-11-29)22-33(25-38)39-26-31(18-19-40-39)30-12-8-16-36(23-30)43-35-14-6-3-7-15-35;1-2-7-5-3-4-6-7;;/h2-14,16-17,19-22,24,26H,1H3;3-6H;;/q-3;-1;+2;+4. The van der Waals surface area contributed by atoms with Crippen molar-refractivity contribution >= 4 is 11.7 Å². The molecule has 0 amide bonds. The Kier molecular flexibility index (Phi) is 13.5. The first kappa shape index (κ1) is 38.4. The number of ether oxygens (including phenoxy) is 2. The van der Waals surface area contributed by atoms with Crippen LogP contribution in [-0.2, 0) is 42.1 Å². The van der Waals surface area contributed by atoms with Crippen molar-refractivity contribution in [1.29, 1.82) is 0 Å². The molecule has 0 N–H and O–H groups in total. The summed E-state index contributed by atoms with van der Waals surface area (Å²) in [4.78, 5) is 4.65. The first-order valence-corrected chi connectivity index (χ1v) is 16.0. The van der Waals surface area contributed by atoms with Gasteiger partial charge >= 0.3 is 48.1 Å². The van der Waals surface area contributed by atoms with Crippen molar-refractivity contribution in [2.45, 2.75) is 0 Å². The van der Waals surface area contributed by atoms with E-state index in [1.54, 1.807) is 23.2 Å². The Morgan fingerprint density at radius 1 is 0.679 bits per heavy atom. The van der Waals surface area contributed by atoms with Crippen molar-refractivity contribution < 1.29 is 60.8 Å². The second kappa shape index (κ2) is 18.6. The molecule has 0 fully saturated rings. The van der Waals surface area contributed by atoms with Crippen molar-refractivity contribution in [2.24, 2.45) is 0 Å². The third kappa shape index (κ3) is 10.2. The second-order valence-electron chi connectivity index (χ2n) is 11.2. The van der Waals surface area contributed by atoms with E-state index in [0.29, 0.717) is 23.0 Å². The van der Waals surface area contributed by atoms with Gasteiger partial charge in [-0.3, -0.25) is 11.1 Å². The molecule has 2 aromatic heterocycles. The van der Waals surface area contributed by atoms with Gasteiger partial charge in [-0.25, -0.2) is 24.2 Å². The Hall–Kier alpha value is -5.81. The molecule has 0 spiro atoms. The van der Waals surface area contributed by atoms with Gasteiger partial charge < -0.3 is 25.4 Å². The summed E-state index contributed by atoms with van der Waals surface area (Å²) in [6.45, 7) is 0. The third-order valence-electron chi connectivity index (χ3n) is 7.56. The fourth-order valence-corrected chi connectivity index (χ4v) is 5.15. The molecule has 0 saturated heterocycles. The number of nitrogens with zero attached hydrogens (tertiary/aromatic N) is 4. The van der Waals surface area contributed by atoms with Crippen LogP contribution in [0.15, 0.2) is 152 Å². The van der Waals surface area contributed by atoms with Crippen LogP contribution >= 0.6 is 0 Å². The number of benzene rings is 5. The summed E-state index contributed by atoms with van der Waals surface area (Å²) in [6, 6.07) is 60.7. The van der Waals surface area contributed by atoms with Crippen LogP contribution in [0.1, 0.15) is 0 Å². The van der Waals surface area contributed by atoms with Crippen molar-refractivity contribution in [3.05, 3.63) is 189 Å². The Morgan fingerprint density at radius 3 is 2.11 bits per heavy atom. The summed E-state index contributed by atoms with van der Waals surface area (Å²) in [5.74, 6) is 2.34. The number of aromatic nitrogens is 2. The Bertz CT molecular complexity index is 2430. The van der Waals surface area contributed by atoms with Gasteiger partial charge in [0.05, 0.1) is 0 Å². The first-order valence-electron chi connectivity index (χ1n) is 16.0. The quantitative estimate of drug-likeness (QED) is 0.0867. The minimum Gasteiger partial charge on any atom is -0.669 e. The Labute approximate surface area is 338 Å². The maximum Gasteiger partial charge on any atom is 4.00 e. The molecule has 0 saturated carbocycles. The molecule has 0 bridgehead atoms. The van der Waals surface area contributed by atoms with Crippen LogP contribution in [-0.4, -0.2) is 31.8 Å². The summed E-state index contributed by atoms with van der Waals surface area (Å²) >= 11 is 0. The molecule has 6 nitrogen and oxygen atoms in total. The zero-order valence-electron chi connectivity index (χ0n) is 28.2. The zero-order valence-corrected chi connectivity index (χ0v) is 32.7. The molecule has 0 unspecified atom stereocenters. The molecule has 0 aliphatic carbocycles. The minimum absolute atomic E-state index is 0. The maximum absolute atomic E-state index is 6.57. The number of hydrogen-bond acceptors (Lipinski definition) is 3. The fourth-order valence-electron chi connectivity index (χ4n) is 5.15. The number of rotatable bonds is 8. The van der Waals surface area contributed by atoms with E-state index in [-0.39, 0.29) is 42.1 Å². The summed E-state index contributed by atoms with van der Waals surface area (Å²) < 4.78 is 17.6. The minimum atomic E-state index is 0. The van der Waals surface area contributed by atoms with Crippen molar-refractivity contribution in [2.75, 3.05) is 7.05 Å². The Balaban J connectivity index is 0.000000542. The van der Waals surface area contributed by atoms with Gasteiger partial charge in [0.1, 0.15) is 5.69 Å². The molecule has 8 heteroatoms.